The molecule has 0 aliphatic carbocycles. The van der Waals surface area contributed by atoms with Crippen LogP contribution in [0.15, 0.2) is 42.5 Å². The summed E-state index contributed by atoms with van der Waals surface area (Å²) in [6, 6.07) is 12.8. The Balaban J connectivity index is 2.55. The van der Waals surface area contributed by atoms with Crippen LogP contribution in [0.1, 0.15) is 21.5 Å². The molecular formula is C17H19NO3. The normalized spacial score (nSPS) is 10.2. The van der Waals surface area contributed by atoms with Crippen molar-refractivity contribution >= 4 is 5.78 Å². The van der Waals surface area contributed by atoms with Gasteiger partial charge in [-0.25, -0.2) is 0 Å². The molecular weight excluding hydrogens is 266 g/mol. The lowest BCUT2D eigenvalue weighted by molar-refractivity contribution is 0.103. The molecule has 2 rings (SSSR count). The summed E-state index contributed by atoms with van der Waals surface area (Å²) >= 11 is 0. The number of hydrogen-bond acceptors (Lipinski definition) is 4. The highest BCUT2D eigenvalue weighted by Crippen LogP contribution is 2.31. The molecule has 0 aliphatic heterocycles. The molecule has 4 nitrogen and oxygen atoms in total. The molecule has 0 amide bonds. The number of methoxy groups -OCH3 is 2. The maximum absolute atomic E-state index is 12.9. The number of carbonyl (C=O) groups excluding carboxylic acids is 1. The van der Waals surface area contributed by atoms with E-state index < -0.39 is 0 Å². The fourth-order valence-electron chi connectivity index (χ4n) is 2.32. The summed E-state index contributed by atoms with van der Waals surface area (Å²) in [6.45, 7) is 0.493. The number of rotatable bonds is 6. The first-order valence-electron chi connectivity index (χ1n) is 6.76. The van der Waals surface area contributed by atoms with E-state index in [0.29, 0.717) is 35.6 Å². The molecule has 0 spiro atoms. The molecule has 2 N–H and O–H groups in total. The molecule has 0 unspecified atom stereocenters. The van der Waals surface area contributed by atoms with Crippen molar-refractivity contribution in [2.24, 2.45) is 5.73 Å². The second-order valence-corrected chi connectivity index (χ2v) is 4.56. The van der Waals surface area contributed by atoms with Crippen molar-refractivity contribution in [2.45, 2.75) is 6.42 Å². The van der Waals surface area contributed by atoms with Gasteiger partial charge in [-0.3, -0.25) is 4.79 Å². The lowest BCUT2D eigenvalue weighted by atomic mass is 9.95. The van der Waals surface area contributed by atoms with Gasteiger partial charge in [0.2, 0.25) is 5.78 Å². The summed E-state index contributed by atoms with van der Waals surface area (Å²) in [6.07, 6.45) is 0.652. The topological polar surface area (TPSA) is 61.5 Å². The summed E-state index contributed by atoms with van der Waals surface area (Å²) in [5, 5.41) is 0. The Labute approximate surface area is 124 Å². The first-order valence-corrected chi connectivity index (χ1v) is 6.76. The predicted octanol–water partition coefficient (Wildman–Crippen LogP) is 2.44. The first kappa shape index (κ1) is 15.1. The molecule has 2 aromatic carbocycles. The highest BCUT2D eigenvalue weighted by molar-refractivity contribution is 6.13. The molecule has 0 atom stereocenters. The zero-order chi connectivity index (χ0) is 15.2. The van der Waals surface area contributed by atoms with Crippen molar-refractivity contribution in [2.75, 3.05) is 20.8 Å². The number of ketones is 1. The summed E-state index contributed by atoms with van der Waals surface area (Å²) < 4.78 is 10.6. The van der Waals surface area contributed by atoms with Crippen molar-refractivity contribution in [1.29, 1.82) is 0 Å². The van der Waals surface area contributed by atoms with E-state index in [9.17, 15) is 4.79 Å². The Morgan fingerprint density at radius 3 is 2.19 bits per heavy atom. The molecule has 0 saturated carbocycles. The van der Waals surface area contributed by atoms with Crippen molar-refractivity contribution in [3.63, 3.8) is 0 Å². The van der Waals surface area contributed by atoms with Crippen LogP contribution in [0.25, 0.3) is 0 Å². The third-order valence-electron chi connectivity index (χ3n) is 3.33. The van der Waals surface area contributed by atoms with E-state index in [1.165, 1.54) is 14.2 Å². The van der Waals surface area contributed by atoms with E-state index in [1.54, 1.807) is 24.3 Å². The minimum atomic E-state index is -0.117. The molecule has 2 aromatic rings. The summed E-state index contributed by atoms with van der Waals surface area (Å²) in [4.78, 5) is 12.9. The molecule has 0 aromatic heterocycles. The zero-order valence-corrected chi connectivity index (χ0v) is 12.3. The monoisotopic (exact) mass is 285 g/mol. The van der Waals surface area contributed by atoms with Crippen LogP contribution in [0.2, 0.25) is 0 Å². The summed E-state index contributed by atoms with van der Waals surface area (Å²) in [5.41, 5.74) is 7.62. The lowest BCUT2D eigenvalue weighted by Gasteiger charge is -2.14. The maximum Gasteiger partial charge on any atom is 0.200 e. The number of carbonyl (C=O) groups is 1. The molecule has 0 radical (unpaired) electrons. The van der Waals surface area contributed by atoms with Gasteiger partial charge < -0.3 is 15.2 Å². The number of nitrogens with two attached hydrogens (primary N) is 1. The van der Waals surface area contributed by atoms with Gasteiger partial charge in [-0.1, -0.05) is 30.3 Å². The van der Waals surface area contributed by atoms with Gasteiger partial charge in [0.1, 0.15) is 17.1 Å². The summed E-state index contributed by atoms with van der Waals surface area (Å²) in [7, 11) is 3.08. The van der Waals surface area contributed by atoms with Gasteiger partial charge in [-0.2, -0.15) is 0 Å². The molecule has 0 aliphatic rings. The fraction of sp³-hybridized carbons (Fsp3) is 0.235. The molecule has 110 valence electrons. The third-order valence-corrected chi connectivity index (χ3v) is 3.33. The minimum Gasteiger partial charge on any atom is -0.496 e. The lowest BCUT2D eigenvalue weighted by Crippen LogP contribution is -2.11. The van der Waals surface area contributed by atoms with Crippen molar-refractivity contribution in [1.82, 2.24) is 0 Å². The van der Waals surface area contributed by atoms with E-state index in [2.05, 4.69) is 0 Å². The third kappa shape index (κ3) is 3.06. The van der Waals surface area contributed by atoms with Crippen molar-refractivity contribution in [3.8, 4) is 11.5 Å². The minimum absolute atomic E-state index is 0.117. The quantitative estimate of drug-likeness (QED) is 0.828. The Morgan fingerprint density at radius 1 is 1.00 bits per heavy atom. The van der Waals surface area contributed by atoms with Crippen LogP contribution in [0.4, 0.5) is 0 Å². The van der Waals surface area contributed by atoms with Gasteiger partial charge in [0, 0.05) is 5.56 Å². The molecule has 0 bridgehead atoms. The van der Waals surface area contributed by atoms with Crippen LogP contribution >= 0.6 is 0 Å². The molecule has 0 fully saturated rings. The highest BCUT2D eigenvalue weighted by atomic mass is 16.5. The van der Waals surface area contributed by atoms with E-state index in [4.69, 9.17) is 15.2 Å². The zero-order valence-electron chi connectivity index (χ0n) is 12.3. The molecule has 0 heterocycles. The van der Waals surface area contributed by atoms with E-state index in [-0.39, 0.29) is 5.78 Å². The average Bonchev–Trinajstić information content (AvgIpc) is 2.54. The SMILES string of the molecule is COc1cccc(OC)c1C(=O)c1ccccc1CCN. The van der Waals surface area contributed by atoms with Crippen molar-refractivity contribution in [3.05, 3.63) is 59.2 Å². The van der Waals surface area contributed by atoms with Gasteiger partial charge in [0.15, 0.2) is 0 Å². The van der Waals surface area contributed by atoms with Crippen LogP contribution in [-0.2, 0) is 6.42 Å². The van der Waals surface area contributed by atoms with Crippen LogP contribution in [-0.4, -0.2) is 26.5 Å². The Kier molecular flexibility index (Phi) is 4.95. The largest absolute Gasteiger partial charge is 0.496 e. The predicted molar refractivity (Wildman–Crippen MR) is 82.2 cm³/mol. The van der Waals surface area contributed by atoms with Crippen molar-refractivity contribution < 1.29 is 14.3 Å². The Bertz CT molecular complexity index is 615. The van der Waals surface area contributed by atoms with Gasteiger partial charge in [0.05, 0.1) is 14.2 Å². The number of benzene rings is 2. The number of ether oxygens (including phenoxy) is 2. The Morgan fingerprint density at radius 2 is 1.62 bits per heavy atom. The van der Waals surface area contributed by atoms with Gasteiger partial charge in [0.25, 0.3) is 0 Å². The second kappa shape index (κ2) is 6.90. The fourth-order valence-corrected chi connectivity index (χ4v) is 2.32. The number of hydrogen-bond donors (Lipinski definition) is 1. The summed E-state index contributed by atoms with van der Waals surface area (Å²) in [5.74, 6) is 0.886. The standard InChI is InChI=1S/C17H19NO3/c1-20-14-8-5-9-15(21-2)16(14)17(19)13-7-4-3-6-12(13)10-11-18/h3-9H,10-11,18H2,1-2H3. The van der Waals surface area contributed by atoms with Crippen LogP contribution in [0.3, 0.4) is 0 Å². The molecule has 21 heavy (non-hydrogen) atoms. The van der Waals surface area contributed by atoms with E-state index in [0.717, 1.165) is 5.56 Å². The smallest absolute Gasteiger partial charge is 0.200 e. The van der Waals surface area contributed by atoms with Crippen LogP contribution in [0.5, 0.6) is 11.5 Å². The second-order valence-electron chi connectivity index (χ2n) is 4.56. The van der Waals surface area contributed by atoms with Gasteiger partial charge in [-0.05, 0) is 30.7 Å². The van der Waals surface area contributed by atoms with E-state index >= 15 is 0 Å². The van der Waals surface area contributed by atoms with Gasteiger partial charge in [-0.15, -0.1) is 0 Å². The van der Waals surface area contributed by atoms with Crippen LogP contribution in [0, 0.1) is 0 Å². The molecule has 0 saturated heterocycles. The first-order chi connectivity index (χ1) is 10.2. The van der Waals surface area contributed by atoms with Crippen LogP contribution < -0.4 is 15.2 Å². The molecule has 4 heteroatoms. The van der Waals surface area contributed by atoms with Gasteiger partial charge >= 0.3 is 0 Å². The average molecular weight is 285 g/mol. The van der Waals surface area contributed by atoms with E-state index in [1.807, 2.05) is 18.2 Å². The maximum atomic E-state index is 12.9. The Hall–Kier alpha value is -2.33. The highest BCUT2D eigenvalue weighted by Gasteiger charge is 2.21.